The highest BCUT2D eigenvalue weighted by Gasteiger charge is 2.40. The molecule has 0 aromatic heterocycles. The summed E-state index contributed by atoms with van der Waals surface area (Å²) >= 11 is 0. The van der Waals surface area contributed by atoms with E-state index < -0.39 is 42.9 Å². The Balaban J connectivity index is 2.63. The molecule has 0 radical (unpaired) electrons. The van der Waals surface area contributed by atoms with Gasteiger partial charge in [-0.15, -0.1) is 0 Å². The van der Waals surface area contributed by atoms with Gasteiger partial charge in [-0.05, 0) is 6.92 Å². The molecule has 0 aromatic carbocycles. The lowest BCUT2D eigenvalue weighted by molar-refractivity contribution is -0.296. The Morgan fingerprint density at radius 1 is 1.21 bits per heavy atom. The fraction of sp³-hybridized carbons (Fsp3) is 1.00. The molecule has 0 spiro atoms. The van der Waals surface area contributed by atoms with Gasteiger partial charge in [-0.1, -0.05) is 0 Å². The standard InChI is InChI=1S/C11H22O8/c1-5(12)8(14)7(4-17-2)19-11-10(16)9(15)6(13)3-18-11/h5-16H,3-4H2,1-2H3. The van der Waals surface area contributed by atoms with Crippen LogP contribution in [0.4, 0.5) is 0 Å². The molecule has 7 atom stereocenters. The van der Waals surface area contributed by atoms with Gasteiger partial charge in [0.2, 0.25) is 0 Å². The summed E-state index contributed by atoms with van der Waals surface area (Å²) < 4.78 is 15.2. The summed E-state index contributed by atoms with van der Waals surface area (Å²) in [7, 11) is 1.39. The molecule has 114 valence electrons. The maximum absolute atomic E-state index is 9.75. The number of aliphatic hydroxyl groups excluding tert-OH is 5. The second-order valence-corrected chi connectivity index (χ2v) is 4.61. The van der Waals surface area contributed by atoms with Crippen LogP contribution in [0.5, 0.6) is 0 Å². The summed E-state index contributed by atoms with van der Waals surface area (Å²) in [4.78, 5) is 0. The minimum Gasteiger partial charge on any atom is -0.391 e. The first-order valence-corrected chi connectivity index (χ1v) is 6.04. The van der Waals surface area contributed by atoms with Gasteiger partial charge >= 0.3 is 0 Å². The summed E-state index contributed by atoms with van der Waals surface area (Å²) in [6.07, 6.45) is -8.50. The van der Waals surface area contributed by atoms with Crippen molar-refractivity contribution in [3.05, 3.63) is 0 Å². The highest BCUT2D eigenvalue weighted by molar-refractivity contribution is 4.84. The Labute approximate surface area is 111 Å². The number of hydrogen-bond donors (Lipinski definition) is 5. The van der Waals surface area contributed by atoms with Gasteiger partial charge in [0.05, 0.1) is 19.3 Å². The summed E-state index contributed by atoms with van der Waals surface area (Å²) in [5.74, 6) is 0. The molecule has 7 unspecified atom stereocenters. The molecule has 19 heavy (non-hydrogen) atoms. The van der Waals surface area contributed by atoms with Crippen molar-refractivity contribution in [2.45, 2.75) is 49.8 Å². The molecule has 1 saturated heterocycles. The molecule has 0 bridgehead atoms. The van der Waals surface area contributed by atoms with Gasteiger partial charge in [0.15, 0.2) is 6.29 Å². The smallest absolute Gasteiger partial charge is 0.186 e. The molecule has 1 aliphatic heterocycles. The van der Waals surface area contributed by atoms with E-state index in [1.165, 1.54) is 14.0 Å². The number of rotatable bonds is 6. The van der Waals surface area contributed by atoms with Crippen LogP contribution in [-0.2, 0) is 14.2 Å². The monoisotopic (exact) mass is 282 g/mol. The van der Waals surface area contributed by atoms with Crippen LogP contribution >= 0.6 is 0 Å². The minimum atomic E-state index is -1.45. The van der Waals surface area contributed by atoms with Gasteiger partial charge in [0, 0.05) is 7.11 Å². The molecule has 0 saturated carbocycles. The second kappa shape index (κ2) is 7.46. The van der Waals surface area contributed by atoms with Gasteiger partial charge in [-0.2, -0.15) is 0 Å². The average Bonchev–Trinajstić information content (AvgIpc) is 2.37. The van der Waals surface area contributed by atoms with Gasteiger partial charge in [-0.25, -0.2) is 0 Å². The molecular weight excluding hydrogens is 260 g/mol. The van der Waals surface area contributed by atoms with Crippen LogP contribution in [0, 0.1) is 0 Å². The zero-order valence-electron chi connectivity index (χ0n) is 10.9. The van der Waals surface area contributed by atoms with Crippen LogP contribution in [-0.4, -0.2) is 88.8 Å². The Morgan fingerprint density at radius 2 is 1.84 bits per heavy atom. The third kappa shape index (κ3) is 4.33. The maximum atomic E-state index is 9.75. The van der Waals surface area contributed by atoms with E-state index in [0.717, 1.165) is 0 Å². The van der Waals surface area contributed by atoms with E-state index in [0.29, 0.717) is 0 Å². The van der Waals surface area contributed by atoms with E-state index in [1.54, 1.807) is 0 Å². The predicted molar refractivity (Wildman–Crippen MR) is 62.2 cm³/mol. The molecule has 8 nitrogen and oxygen atoms in total. The Kier molecular flexibility index (Phi) is 6.57. The maximum Gasteiger partial charge on any atom is 0.186 e. The van der Waals surface area contributed by atoms with Gasteiger partial charge in [-0.3, -0.25) is 0 Å². The zero-order chi connectivity index (χ0) is 14.6. The fourth-order valence-electron chi connectivity index (χ4n) is 1.76. The highest BCUT2D eigenvalue weighted by Crippen LogP contribution is 2.19. The molecular formula is C11H22O8. The van der Waals surface area contributed by atoms with Gasteiger partial charge < -0.3 is 39.7 Å². The van der Waals surface area contributed by atoms with Crippen molar-refractivity contribution in [1.29, 1.82) is 0 Å². The largest absolute Gasteiger partial charge is 0.391 e. The lowest BCUT2D eigenvalue weighted by atomic mass is 10.0. The molecule has 0 amide bonds. The first-order valence-electron chi connectivity index (χ1n) is 6.04. The first-order chi connectivity index (χ1) is 8.88. The average molecular weight is 282 g/mol. The van der Waals surface area contributed by atoms with Crippen LogP contribution in [0.15, 0.2) is 0 Å². The molecule has 5 N–H and O–H groups in total. The second-order valence-electron chi connectivity index (χ2n) is 4.61. The molecule has 0 aliphatic carbocycles. The van der Waals surface area contributed by atoms with Crippen LogP contribution < -0.4 is 0 Å². The Bertz CT molecular complexity index is 261. The molecule has 8 heteroatoms. The normalized spacial score (nSPS) is 36.8. The van der Waals surface area contributed by atoms with E-state index >= 15 is 0 Å². The van der Waals surface area contributed by atoms with E-state index in [1.807, 2.05) is 0 Å². The quantitative estimate of drug-likeness (QED) is 0.353. The first kappa shape index (κ1) is 16.7. The molecule has 1 fully saturated rings. The lowest BCUT2D eigenvalue weighted by Crippen LogP contribution is -2.56. The zero-order valence-corrected chi connectivity index (χ0v) is 10.9. The van der Waals surface area contributed by atoms with Crippen molar-refractivity contribution in [3.8, 4) is 0 Å². The van der Waals surface area contributed by atoms with Crippen LogP contribution in [0.25, 0.3) is 0 Å². The van der Waals surface area contributed by atoms with Crippen molar-refractivity contribution in [3.63, 3.8) is 0 Å². The number of methoxy groups -OCH3 is 1. The van der Waals surface area contributed by atoms with Gasteiger partial charge in [0.25, 0.3) is 0 Å². The lowest BCUT2D eigenvalue weighted by Gasteiger charge is -2.37. The van der Waals surface area contributed by atoms with Crippen molar-refractivity contribution < 1.29 is 39.7 Å². The predicted octanol–water partition coefficient (Wildman–Crippen LogP) is -2.80. The van der Waals surface area contributed by atoms with Crippen LogP contribution in [0.2, 0.25) is 0 Å². The van der Waals surface area contributed by atoms with Crippen LogP contribution in [0.1, 0.15) is 6.92 Å². The third-order valence-corrected chi connectivity index (χ3v) is 2.97. The van der Waals surface area contributed by atoms with E-state index in [4.69, 9.17) is 14.2 Å². The summed E-state index contributed by atoms with van der Waals surface area (Å²) in [5, 5.41) is 47.6. The number of ether oxygens (including phenoxy) is 3. The molecule has 1 aliphatic rings. The van der Waals surface area contributed by atoms with Gasteiger partial charge in [0.1, 0.15) is 30.5 Å². The van der Waals surface area contributed by atoms with E-state index in [9.17, 15) is 25.5 Å². The molecule has 1 heterocycles. The third-order valence-electron chi connectivity index (χ3n) is 2.97. The van der Waals surface area contributed by atoms with E-state index in [2.05, 4.69) is 0 Å². The van der Waals surface area contributed by atoms with E-state index in [-0.39, 0.29) is 13.2 Å². The summed E-state index contributed by atoms with van der Waals surface area (Å²) in [5.41, 5.74) is 0. The highest BCUT2D eigenvalue weighted by atomic mass is 16.7. The number of hydrogen-bond acceptors (Lipinski definition) is 8. The van der Waals surface area contributed by atoms with Crippen molar-refractivity contribution >= 4 is 0 Å². The van der Waals surface area contributed by atoms with Crippen molar-refractivity contribution in [2.75, 3.05) is 20.3 Å². The fourth-order valence-corrected chi connectivity index (χ4v) is 1.76. The summed E-state index contributed by atoms with van der Waals surface area (Å²) in [6, 6.07) is 0. The summed E-state index contributed by atoms with van der Waals surface area (Å²) in [6.45, 7) is 1.15. The topological polar surface area (TPSA) is 129 Å². The molecule has 0 aromatic rings. The Hall–Kier alpha value is -0.320. The van der Waals surface area contributed by atoms with Crippen molar-refractivity contribution in [1.82, 2.24) is 0 Å². The number of aliphatic hydroxyl groups is 5. The Morgan fingerprint density at radius 3 is 2.37 bits per heavy atom. The minimum absolute atomic E-state index is 0.0305. The van der Waals surface area contributed by atoms with Crippen LogP contribution in [0.3, 0.4) is 0 Å². The van der Waals surface area contributed by atoms with Crippen molar-refractivity contribution in [2.24, 2.45) is 0 Å². The molecule has 1 rings (SSSR count). The SMILES string of the molecule is COCC(OC1OCC(O)C(O)C1O)C(O)C(C)O.